The second-order valence-electron chi connectivity index (χ2n) is 8.16. The van der Waals surface area contributed by atoms with Crippen molar-refractivity contribution in [2.24, 2.45) is 9.98 Å². The molecule has 2 aromatic carbocycles. The molecule has 36 heavy (non-hydrogen) atoms. The highest BCUT2D eigenvalue weighted by Crippen LogP contribution is 2.35. The van der Waals surface area contributed by atoms with Gasteiger partial charge in [-0.1, -0.05) is 42.1 Å². The zero-order valence-electron chi connectivity index (χ0n) is 19.0. The molecule has 1 aromatic heterocycles. The summed E-state index contributed by atoms with van der Waals surface area (Å²) >= 11 is 2.90. The van der Waals surface area contributed by atoms with Crippen molar-refractivity contribution >= 4 is 57.3 Å². The number of thioether (sulfide) groups is 1. The number of benzene rings is 2. The van der Waals surface area contributed by atoms with Crippen molar-refractivity contribution in [3.63, 3.8) is 0 Å². The molecule has 182 valence electrons. The molecule has 1 unspecified atom stereocenters. The summed E-state index contributed by atoms with van der Waals surface area (Å²) in [6.45, 7) is 0.466. The van der Waals surface area contributed by atoms with Gasteiger partial charge in [0.25, 0.3) is 11.6 Å². The predicted molar refractivity (Wildman–Crippen MR) is 140 cm³/mol. The van der Waals surface area contributed by atoms with Crippen LogP contribution in [0.15, 0.2) is 76.0 Å². The van der Waals surface area contributed by atoms with Crippen molar-refractivity contribution in [3.05, 3.63) is 92.2 Å². The quantitative estimate of drug-likeness (QED) is 0.344. The zero-order chi connectivity index (χ0) is 25.1. The maximum Gasteiger partial charge on any atom is 0.269 e. The number of thiophene rings is 1. The standard InChI is InChI=1S/C25H21N5O4S2/c31-22(26-14-18-7-4-12-35-18)11-10-21-24(32)29-23(27-21)19-8-1-2-9-20(19)28-25(29)36-15-16-5-3-6-17(13-16)30(33)34/h1-9,12-13,21H,10-11,14-15H2,(H,26,31). The normalized spacial score (nSPS) is 16.2. The third-order valence-corrected chi connectivity index (χ3v) is 7.61. The Morgan fingerprint density at radius 3 is 2.83 bits per heavy atom. The number of carbonyl (C=O) groups excluding carboxylic acids is 2. The minimum absolute atomic E-state index is 0.0148. The van der Waals surface area contributed by atoms with Gasteiger partial charge in [0, 0.05) is 34.7 Å². The minimum atomic E-state index is -0.678. The van der Waals surface area contributed by atoms with Crippen LogP contribution in [0.4, 0.5) is 11.4 Å². The monoisotopic (exact) mass is 519 g/mol. The van der Waals surface area contributed by atoms with Crippen LogP contribution in [0.2, 0.25) is 0 Å². The molecule has 0 bridgehead atoms. The number of aliphatic imine (C=N–C) groups is 2. The largest absolute Gasteiger partial charge is 0.351 e. The summed E-state index contributed by atoms with van der Waals surface area (Å²) in [6.07, 6.45) is 0.474. The third kappa shape index (κ3) is 5.07. The van der Waals surface area contributed by atoms with Crippen LogP contribution in [0.3, 0.4) is 0 Å². The molecule has 3 heterocycles. The lowest BCUT2D eigenvalue weighted by atomic mass is 10.1. The molecule has 0 fully saturated rings. The number of carbonyl (C=O) groups is 2. The van der Waals surface area contributed by atoms with E-state index in [9.17, 15) is 19.7 Å². The molecule has 0 radical (unpaired) electrons. The van der Waals surface area contributed by atoms with E-state index in [2.05, 4.69) is 10.3 Å². The van der Waals surface area contributed by atoms with Crippen LogP contribution in [-0.2, 0) is 21.9 Å². The average Bonchev–Trinajstić information content (AvgIpc) is 3.53. The van der Waals surface area contributed by atoms with Crippen LogP contribution >= 0.6 is 23.1 Å². The van der Waals surface area contributed by atoms with Crippen molar-refractivity contribution in [3.8, 4) is 0 Å². The van der Waals surface area contributed by atoms with Gasteiger partial charge in [-0.3, -0.25) is 24.7 Å². The highest BCUT2D eigenvalue weighted by molar-refractivity contribution is 8.13. The Bertz CT molecular complexity index is 1390. The minimum Gasteiger partial charge on any atom is -0.351 e. The number of hydrogen-bond donors (Lipinski definition) is 1. The fraction of sp³-hybridized carbons (Fsp3) is 0.200. The Balaban J connectivity index is 1.30. The predicted octanol–water partition coefficient (Wildman–Crippen LogP) is 4.64. The number of rotatable bonds is 8. The molecule has 0 aliphatic carbocycles. The molecular formula is C25H21N5O4S2. The summed E-state index contributed by atoms with van der Waals surface area (Å²) in [5.41, 5.74) is 2.23. The number of nitro benzene ring substituents is 1. The molecule has 1 atom stereocenters. The van der Waals surface area contributed by atoms with Gasteiger partial charge in [-0.25, -0.2) is 9.89 Å². The van der Waals surface area contributed by atoms with Gasteiger partial charge in [0.05, 0.1) is 17.2 Å². The molecule has 2 aliphatic rings. The van der Waals surface area contributed by atoms with E-state index in [1.54, 1.807) is 23.5 Å². The molecule has 0 spiro atoms. The van der Waals surface area contributed by atoms with E-state index < -0.39 is 11.0 Å². The van der Waals surface area contributed by atoms with Gasteiger partial charge in [0.15, 0.2) is 5.17 Å². The first-order valence-corrected chi connectivity index (χ1v) is 13.1. The van der Waals surface area contributed by atoms with E-state index in [0.717, 1.165) is 16.0 Å². The van der Waals surface area contributed by atoms with Gasteiger partial charge in [0.2, 0.25) is 5.91 Å². The van der Waals surface area contributed by atoms with Crippen LogP contribution in [0, 0.1) is 10.1 Å². The number of amides is 2. The molecule has 2 amide bonds. The lowest BCUT2D eigenvalue weighted by Crippen LogP contribution is -2.41. The van der Waals surface area contributed by atoms with Gasteiger partial charge in [-0.15, -0.1) is 11.3 Å². The van der Waals surface area contributed by atoms with Crippen molar-refractivity contribution in [1.29, 1.82) is 0 Å². The number of nitrogens with one attached hydrogen (secondary N) is 1. The summed E-state index contributed by atoms with van der Waals surface area (Å²) in [4.78, 5) is 48.4. The SMILES string of the molecule is O=C(CCC1N=C2c3ccccc3N=C(SCc3cccc([N+](=O)[O-])c3)N2C1=O)NCc1cccs1. The highest BCUT2D eigenvalue weighted by Gasteiger charge is 2.41. The van der Waals surface area contributed by atoms with E-state index in [4.69, 9.17) is 4.99 Å². The number of non-ortho nitro benzene ring substituents is 1. The lowest BCUT2D eigenvalue weighted by molar-refractivity contribution is -0.384. The number of nitrogens with zero attached hydrogens (tertiary/aromatic N) is 4. The van der Waals surface area contributed by atoms with Crippen LogP contribution < -0.4 is 5.32 Å². The maximum absolute atomic E-state index is 13.4. The van der Waals surface area contributed by atoms with Gasteiger partial charge in [0.1, 0.15) is 11.9 Å². The number of nitro groups is 1. The second kappa shape index (κ2) is 10.4. The van der Waals surface area contributed by atoms with Crippen molar-refractivity contribution in [2.45, 2.75) is 31.2 Å². The molecule has 11 heteroatoms. The van der Waals surface area contributed by atoms with E-state index in [1.165, 1.54) is 28.8 Å². The Morgan fingerprint density at radius 2 is 2.03 bits per heavy atom. The Hall–Kier alpha value is -3.83. The third-order valence-electron chi connectivity index (χ3n) is 5.72. The summed E-state index contributed by atoms with van der Waals surface area (Å²) in [5, 5.41) is 16.4. The molecule has 0 saturated heterocycles. The smallest absolute Gasteiger partial charge is 0.269 e. The van der Waals surface area contributed by atoms with Gasteiger partial charge < -0.3 is 5.32 Å². The van der Waals surface area contributed by atoms with Gasteiger partial charge >= 0.3 is 0 Å². The summed E-state index contributed by atoms with van der Waals surface area (Å²) in [6, 6.07) is 17.1. The molecule has 0 saturated carbocycles. The lowest BCUT2D eigenvalue weighted by Gasteiger charge is -2.25. The maximum atomic E-state index is 13.4. The second-order valence-corrected chi connectivity index (χ2v) is 10.1. The summed E-state index contributed by atoms with van der Waals surface area (Å²) in [5.74, 6) is 0.567. The molecule has 5 rings (SSSR count). The topological polar surface area (TPSA) is 117 Å². The summed E-state index contributed by atoms with van der Waals surface area (Å²) < 4.78 is 0. The van der Waals surface area contributed by atoms with Gasteiger partial charge in [-0.05, 0) is 35.6 Å². The Labute approximate surface area is 215 Å². The first-order chi connectivity index (χ1) is 17.5. The Kier molecular flexibility index (Phi) is 6.92. The highest BCUT2D eigenvalue weighted by atomic mass is 32.2. The number of para-hydroxylation sites is 1. The van der Waals surface area contributed by atoms with Crippen LogP contribution in [0.25, 0.3) is 0 Å². The number of fused-ring (bicyclic) bond motifs is 3. The zero-order valence-corrected chi connectivity index (χ0v) is 20.6. The Morgan fingerprint density at radius 1 is 1.17 bits per heavy atom. The molecule has 1 N–H and O–H groups in total. The van der Waals surface area contributed by atoms with E-state index in [-0.39, 0.29) is 23.9 Å². The van der Waals surface area contributed by atoms with Crippen LogP contribution in [-0.4, -0.2) is 38.7 Å². The number of hydrogen-bond acceptors (Lipinski definition) is 8. The van der Waals surface area contributed by atoms with E-state index >= 15 is 0 Å². The van der Waals surface area contributed by atoms with E-state index in [1.807, 2.05) is 41.8 Å². The molecule has 3 aromatic rings. The fourth-order valence-corrected chi connectivity index (χ4v) is 5.54. The van der Waals surface area contributed by atoms with Crippen LogP contribution in [0.1, 0.15) is 28.8 Å². The first kappa shape index (κ1) is 23.9. The molecule has 2 aliphatic heterocycles. The summed E-state index contributed by atoms with van der Waals surface area (Å²) in [7, 11) is 0. The average molecular weight is 520 g/mol. The molecule has 9 nitrogen and oxygen atoms in total. The molecular weight excluding hydrogens is 498 g/mol. The van der Waals surface area contributed by atoms with Gasteiger partial charge in [-0.2, -0.15) is 0 Å². The number of amidine groups is 2. The van der Waals surface area contributed by atoms with Crippen molar-refractivity contribution in [2.75, 3.05) is 0 Å². The van der Waals surface area contributed by atoms with Crippen molar-refractivity contribution in [1.82, 2.24) is 10.2 Å². The van der Waals surface area contributed by atoms with E-state index in [0.29, 0.717) is 35.4 Å². The van der Waals surface area contributed by atoms with Crippen molar-refractivity contribution < 1.29 is 14.5 Å². The van der Waals surface area contributed by atoms with Crippen LogP contribution in [0.5, 0.6) is 0 Å². The fourth-order valence-electron chi connectivity index (χ4n) is 3.95. The first-order valence-electron chi connectivity index (χ1n) is 11.2.